The number of hydrogen-bond donors (Lipinski definition) is 0. The molecule has 0 saturated heterocycles. The zero-order valence-corrected chi connectivity index (χ0v) is 20.6. The first-order valence-corrected chi connectivity index (χ1v) is 14.1. The molecule has 0 saturated carbocycles. The number of Topliss-reactive ketones (excluding diaryl/α,β-unsaturated/α-hetero) is 2. The number of carbonyl (C=O) groups is 2. The minimum absolute atomic E-state index is 0.103. The molecule has 0 radical (unpaired) electrons. The fourth-order valence-electron chi connectivity index (χ4n) is 4.08. The summed E-state index contributed by atoms with van der Waals surface area (Å²) in [4.78, 5) is 29.1. The van der Waals surface area contributed by atoms with Gasteiger partial charge in [-0.3, -0.25) is 9.59 Å². The van der Waals surface area contributed by atoms with Crippen molar-refractivity contribution in [3.05, 3.63) is 69.1 Å². The molecule has 0 N–H and O–H groups in total. The number of benzene rings is 2. The van der Waals surface area contributed by atoms with Crippen molar-refractivity contribution in [3.8, 4) is 0 Å². The molecular weight excluding hydrogens is 468 g/mol. The molecule has 2 aromatic carbocycles. The smallest absolute Gasteiger partial charge is 0.198 e. The molecule has 1 aliphatic heterocycles. The van der Waals surface area contributed by atoms with Crippen LogP contribution in [0.4, 0.5) is 0 Å². The van der Waals surface area contributed by atoms with Gasteiger partial charge in [-0.15, -0.1) is 0 Å². The maximum atomic E-state index is 13.6. The summed E-state index contributed by atoms with van der Waals surface area (Å²) >= 11 is 8.27. The Labute approximate surface area is 197 Å². The van der Waals surface area contributed by atoms with Gasteiger partial charge in [0, 0.05) is 32.4 Å². The first kappa shape index (κ1) is 22.7. The Balaban J connectivity index is 1.83. The SMILES string of the molecule is CC1(C)CCS(=S=O)c2c1ccc(C(=O)C1=C(Sc3ccccc3)CCCC1=O)c2Cl. The average molecular weight is 491 g/mol. The van der Waals surface area contributed by atoms with Crippen LogP contribution >= 0.6 is 23.4 Å². The molecule has 0 amide bonds. The van der Waals surface area contributed by atoms with Gasteiger partial charge in [0.1, 0.15) is 10.2 Å². The fraction of sp³-hybridized carbons (Fsp3) is 0.333. The van der Waals surface area contributed by atoms with E-state index in [2.05, 4.69) is 13.8 Å². The van der Waals surface area contributed by atoms with E-state index in [1.807, 2.05) is 36.4 Å². The standard InChI is InChI=1S/C24H23ClO3S3/c1-24(2)13-14-31(30-28)23-17(24)12-11-16(21(23)25)22(27)20-18(26)9-6-10-19(20)29-15-7-4-3-5-8-15/h3-5,7-8,11-12H,6,9-10,13-14H2,1-2H3. The van der Waals surface area contributed by atoms with Crippen LogP contribution in [0.25, 0.3) is 0 Å². The van der Waals surface area contributed by atoms with E-state index in [9.17, 15) is 13.8 Å². The van der Waals surface area contributed by atoms with E-state index in [4.69, 9.17) is 11.6 Å². The molecule has 4 rings (SSSR count). The summed E-state index contributed by atoms with van der Waals surface area (Å²) in [6, 6.07) is 13.5. The molecule has 2 aliphatic rings. The molecule has 0 aromatic heterocycles. The van der Waals surface area contributed by atoms with Crippen LogP contribution in [-0.2, 0) is 29.9 Å². The highest BCUT2D eigenvalue weighted by Crippen LogP contribution is 2.43. The highest BCUT2D eigenvalue weighted by atomic mass is 35.5. The molecule has 2 aromatic rings. The zero-order valence-electron chi connectivity index (χ0n) is 17.4. The zero-order chi connectivity index (χ0) is 22.2. The number of allylic oxidation sites excluding steroid dienone is 2. The first-order valence-electron chi connectivity index (χ1n) is 10.2. The van der Waals surface area contributed by atoms with Crippen molar-refractivity contribution < 1.29 is 13.8 Å². The molecule has 1 heterocycles. The average Bonchev–Trinajstić information content (AvgIpc) is 2.75. The van der Waals surface area contributed by atoms with Crippen molar-refractivity contribution >= 4 is 54.6 Å². The quantitative estimate of drug-likeness (QED) is 0.383. The van der Waals surface area contributed by atoms with Crippen LogP contribution in [0.15, 0.2) is 62.7 Å². The number of fused-ring (bicyclic) bond motifs is 1. The maximum Gasteiger partial charge on any atom is 0.198 e. The summed E-state index contributed by atoms with van der Waals surface area (Å²) in [6.45, 7) is 4.28. The summed E-state index contributed by atoms with van der Waals surface area (Å²) in [6.07, 6.45) is 2.72. The lowest BCUT2D eigenvalue weighted by Gasteiger charge is -2.34. The van der Waals surface area contributed by atoms with Crippen LogP contribution in [0.2, 0.25) is 5.02 Å². The number of carbonyl (C=O) groups excluding carboxylic acids is 2. The van der Waals surface area contributed by atoms with E-state index in [0.717, 1.165) is 38.9 Å². The van der Waals surface area contributed by atoms with Crippen molar-refractivity contribution in [1.82, 2.24) is 0 Å². The number of rotatable bonds is 4. The lowest BCUT2D eigenvalue weighted by molar-refractivity contribution is -0.115. The highest BCUT2D eigenvalue weighted by molar-refractivity contribution is 8.31. The van der Waals surface area contributed by atoms with E-state index < -0.39 is 9.45 Å². The van der Waals surface area contributed by atoms with Crippen LogP contribution in [0.5, 0.6) is 0 Å². The summed E-state index contributed by atoms with van der Waals surface area (Å²) in [7, 11) is -0.0335. The summed E-state index contributed by atoms with van der Waals surface area (Å²) in [5.74, 6) is 0.308. The molecule has 31 heavy (non-hydrogen) atoms. The van der Waals surface area contributed by atoms with Gasteiger partial charge in [0.15, 0.2) is 11.6 Å². The van der Waals surface area contributed by atoms with Gasteiger partial charge >= 0.3 is 0 Å². The van der Waals surface area contributed by atoms with Gasteiger partial charge in [0.25, 0.3) is 0 Å². The Kier molecular flexibility index (Phi) is 6.73. The summed E-state index contributed by atoms with van der Waals surface area (Å²) in [5.41, 5.74) is 1.52. The van der Waals surface area contributed by atoms with Crippen LogP contribution in [-0.4, -0.2) is 21.5 Å². The van der Waals surface area contributed by atoms with E-state index in [-0.39, 0.29) is 22.6 Å². The number of ketones is 2. The minimum Gasteiger partial charge on any atom is -0.294 e. The molecule has 0 fully saturated rings. The van der Waals surface area contributed by atoms with Gasteiger partial charge in [-0.05, 0) is 48.4 Å². The van der Waals surface area contributed by atoms with Gasteiger partial charge in [0.2, 0.25) is 0 Å². The molecule has 3 nitrogen and oxygen atoms in total. The third kappa shape index (κ3) is 4.40. The van der Waals surface area contributed by atoms with Crippen molar-refractivity contribution in [2.24, 2.45) is 0 Å². The Bertz CT molecular complexity index is 1160. The third-order valence-electron chi connectivity index (χ3n) is 5.87. The Morgan fingerprint density at radius 1 is 1.10 bits per heavy atom. The lowest BCUT2D eigenvalue weighted by atomic mass is 9.81. The predicted octanol–water partition coefficient (Wildman–Crippen LogP) is 6.11. The molecule has 0 spiro atoms. The number of hydrogen-bond acceptors (Lipinski definition) is 4. The molecule has 1 aliphatic carbocycles. The van der Waals surface area contributed by atoms with Gasteiger partial charge in [-0.25, -0.2) is 4.21 Å². The van der Waals surface area contributed by atoms with Gasteiger partial charge in [-0.1, -0.05) is 70.9 Å². The van der Waals surface area contributed by atoms with Crippen LogP contribution in [0.1, 0.15) is 55.5 Å². The van der Waals surface area contributed by atoms with E-state index in [0.29, 0.717) is 33.7 Å². The van der Waals surface area contributed by atoms with Crippen molar-refractivity contribution in [2.45, 2.75) is 54.7 Å². The second-order valence-corrected chi connectivity index (χ2v) is 13.2. The summed E-state index contributed by atoms with van der Waals surface area (Å²) in [5, 5.41) is 0.344. The molecule has 162 valence electrons. The maximum absolute atomic E-state index is 13.6. The second-order valence-electron chi connectivity index (χ2n) is 8.37. The van der Waals surface area contributed by atoms with Crippen LogP contribution in [0.3, 0.4) is 0 Å². The van der Waals surface area contributed by atoms with Gasteiger partial charge in [-0.2, -0.15) is 0 Å². The van der Waals surface area contributed by atoms with Crippen LogP contribution < -0.4 is 0 Å². The highest BCUT2D eigenvalue weighted by Gasteiger charge is 2.35. The monoisotopic (exact) mass is 490 g/mol. The normalized spacial score (nSPS) is 20.4. The fourth-order valence-corrected chi connectivity index (χ4v) is 8.99. The van der Waals surface area contributed by atoms with Gasteiger partial charge < -0.3 is 0 Å². The van der Waals surface area contributed by atoms with Crippen molar-refractivity contribution in [2.75, 3.05) is 5.75 Å². The van der Waals surface area contributed by atoms with Crippen molar-refractivity contribution in [3.63, 3.8) is 0 Å². The second kappa shape index (κ2) is 9.18. The molecule has 1 unspecified atom stereocenters. The van der Waals surface area contributed by atoms with E-state index in [1.165, 1.54) is 11.8 Å². The number of halogens is 1. The Hall–Kier alpha value is -1.47. The van der Waals surface area contributed by atoms with Gasteiger partial charge in [0.05, 0.1) is 10.6 Å². The first-order chi connectivity index (χ1) is 14.8. The van der Waals surface area contributed by atoms with Crippen molar-refractivity contribution in [1.29, 1.82) is 0 Å². The number of thioether (sulfide) groups is 1. The third-order valence-corrected chi connectivity index (χ3v) is 10.6. The van der Waals surface area contributed by atoms with E-state index >= 15 is 0 Å². The molecular formula is C24H23ClO3S3. The molecule has 0 bridgehead atoms. The predicted molar refractivity (Wildman–Crippen MR) is 130 cm³/mol. The van der Waals surface area contributed by atoms with Crippen LogP contribution in [0, 0.1) is 0 Å². The molecule has 1 atom stereocenters. The lowest BCUT2D eigenvalue weighted by Crippen LogP contribution is -2.28. The largest absolute Gasteiger partial charge is 0.294 e. The Morgan fingerprint density at radius 2 is 1.84 bits per heavy atom. The minimum atomic E-state index is -0.595. The summed E-state index contributed by atoms with van der Waals surface area (Å²) < 4.78 is 11.8. The topological polar surface area (TPSA) is 51.2 Å². The molecule has 7 heteroatoms. The van der Waals surface area contributed by atoms with E-state index in [1.54, 1.807) is 6.07 Å². The Morgan fingerprint density at radius 3 is 2.55 bits per heavy atom.